The lowest BCUT2D eigenvalue weighted by Crippen LogP contribution is -2.32. The van der Waals surface area contributed by atoms with Gasteiger partial charge in [0.2, 0.25) is 10.0 Å². The van der Waals surface area contributed by atoms with E-state index in [2.05, 4.69) is 10.2 Å². The van der Waals surface area contributed by atoms with E-state index >= 15 is 0 Å². The number of nitrogens with zero attached hydrogens (tertiary/aromatic N) is 2. The molecule has 2 aromatic rings. The molecule has 1 N–H and O–H groups in total. The SMILES string of the molecule is O=S(=O)(c1cn[nH]c1)N(Cc1ccsc1)C1CC1. The maximum Gasteiger partial charge on any atom is 0.246 e. The number of thiophene rings is 1. The van der Waals surface area contributed by atoms with Gasteiger partial charge in [-0.05, 0) is 35.2 Å². The Morgan fingerprint density at radius 3 is 2.89 bits per heavy atom. The first kappa shape index (κ1) is 11.9. The molecular weight excluding hydrogens is 270 g/mol. The van der Waals surface area contributed by atoms with Crippen molar-refractivity contribution in [1.29, 1.82) is 0 Å². The predicted octanol–water partition coefficient (Wildman–Crippen LogP) is 1.82. The van der Waals surface area contributed by atoms with Crippen LogP contribution >= 0.6 is 11.3 Å². The third kappa shape index (κ3) is 2.21. The van der Waals surface area contributed by atoms with Crippen LogP contribution in [-0.2, 0) is 16.6 Å². The zero-order valence-electron chi connectivity index (χ0n) is 9.61. The van der Waals surface area contributed by atoms with Crippen LogP contribution < -0.4 is 0 Å². The summed E-state index contributed by atoms with van der Waals surface area (Å²) in [4.78, 5) is 0.240. The van der Waals surface area contributed by atoms with Gasteiger partial charge in [0.05, 0.1) is 6.20 Å². The molecule has 0 aromatic carbocycles. The number of aromatic nitrogens is 2. The Morgan fingerprint density at radius 1 is 1.50 bits per heavy atom. The second-order valence-electron chi connectivity index (χ2n) is 4.35. The summed E-state index contributed by atoms with van der Waals surface area (Å²) in [5.74, 6) is 0. The minimum absolute atomic E-state index is 0.143. The molecule has 0 radical (unpaired) electrons. The highest BCUT2D eigenvalue weighted by Crippen LogP contribution is 2.33. The van der Waals surface area contributed by atoms with E-state index < -0.39 is 10.0 Å². The van der Waals surface area contributed by atoms with Crippen LogP contribution in [0, 0.1) is 0 Å². The van der Waals surface area contributed by atoms with E-state index in [1.165, 1.54) is 12.4 Å². The number of hydrogen-bond acceptors (Lipinski definition) is 4. The van der Waals surface area contributed by atoms with Gasteiger partial charge in [-0.25, -0.2) is 8.42 Å². The van der Waals surface area contributed by atoms with Crippen LogP contribution in [0.1, 0.15) is 18.4 Å². The summed E-state index contributed by atoms with van der Waals surface area (Å²) in [7, 11) is -3.43. The van der Waals surface area contributed by atoms with E-state index in [9.17, 15) is 8.42 Å². The quantitative estimate of drug-likeness (QED) is 0.910. The third-order valence-corrected chi connectivity index (χ3v) is 5.55. The number of nitrogens with one attached hydrogen (secondary N) is 1. The van der Waals surface area contributed by atoms with Crippen molar-refractivity contribution in [1.82, 2.24) is 14.5 Å². The Hall–Kier alpha value is -1.18. The first-order valence-corrected chi connectivity index (χ1v) is 8.08. The van der Waals surface area contributed by atoms with Crippen molar-refractivity contribution in [2.75, 3.05) is 0 Å². The van der Waals surface area contributed by atoms with Gasteiger partial charge in [0, 0.05) is 18.8 Å². The molecule has 0 bridgehead atoms. The molecule has 0 aliphatic heterocycles. The topological polar surface area (TPSA) is 66.1 Å². The molecule has 0 unspecified atom stereocenters. The lowest BCUT2D eigenvalue weighted by Gasteiger charge is -2.20. The second kappa shape index (κ2) is 4.49. The van der Waals surface area contributed by atoms with Gasteiger partial charge in [-0.3, -0.25) is 5.10 Å². The van der Waals surface area contributed by atoms with Crippen molar-refractivity contribution < 1.29 is 8.42 Å². The van der Waals surface area contributed by atoms with E-state index in [0.29, 0.717) is 6.54 Å². The zero-order chi connectivity index (χ0) is 12.6. The minimum Gasteiger partial charge on any atom is -0.284 e. The maximum absolute atomic E-state index is 12.5. The minimum atomic E-state index is -3.43. The average Bonchev–Trinajstić information content (AvgIpc) is 2.87. The third-order valence-electron chi connectivity index (χ3n) is 2.95. The monoisotopic (exact) mass is 283 g/mol. The fourth-order valence-corrected chi connectivity index (χ4v) is 4.09. The number of H-pyrrole nitrogens is 1. The molecule has 0 saturated heterocycles. The fourth-order valence-electron chi connectivity index (χ4n) is 1.85. The molecule has 0 amide bonds. The number of sulfonamides is 1. The molecule has 1 aliphatic carbocycles. The van der Waals surface area contributed by atoms with Gasteiger partial charge in [-0.1, -0.05) is 0 Å². The van der Waals surface area contributed by atoms with Gasteiger partial charge in [-0.15, -0.1) is 0 Å². The average molecular weight is 283 g/mol. The van der Waals surface area contributed by atoms with Gasteiger partial charge in [0.25, 0.3) is 0 Å². The van der Waals surface area contributed by atoms with E-state index in [1.54, 1.807) is 15.6 Å². The maximum atomic E-state index is 12.5. The highest BCUT2D eigenvalue weighted by molar-refractivity contribution is 7.89. The Balaban J connectivity index is 1.90. The van der Waals surface area contributed by atoms with Gasteiger partial charge in [0.1, 0.15) is 4.90 Å². The molecule has 18 heavy (non-hydrogen) atoms. The lowest BCUT2D eigenvalue weighted by molar-refractivity contribution is 0.399. The molecule has 3 rings (SSSR count). The summed E-state index contributed by atoms with van der Waals surface area (Å²) >= 11 is 1.58. The van der Waals surface area contributed by atoms with Crippen molar-refractivity contribution in [3.05, 3.63) is 34.8 Å². The van der Waals surface area contributed by atoms with Gasteiger partial charge >= 0.3 is 0 Å². The molecule has 96 valence electrons. The molecule has 0 spiro atoms. The van der Waals surface area contributed by atoms with E-state index in [-0.39, 0.29) is 10.9 Å². The van der Waals surface area contributed by atoms with Crippen LogP contribution in [0.15, 0.2) is 34.1 Å². The van der Waals surface area contributed by atoms with Gasteiger partial charge in [-0.2, -0.15) is 20.7 Å². The smallest absolute Gasteiger partial charge is 0.246 e. The molecule has 1 saturated carbocycles. The lowest BCUT2D eigenvalue weighted by atomic mass is 10.3. The summed E-state index contributed by atoms with van der Waals surface area (Å²) < 4.78 is 26.5. The predicted molar refractivity (Wildman–Crippen MR) is 68.7 cm³/mol. The normalized spacial score (nSPS) is 16.3. The van der Waals surface area contributed by atoms with Crippen LogP contribution in [0.3, 0.4) is 0 Å². The van der Waals surface area contributed by atoms with Gasteiger partial charge < -0.3 is 0 Å². The van der Waals surface area contributed by atoms with Crippen molar-refractivity contribution in [2.45, 2.75) is 30.3 Å². The molecule has 2 aromatic heterocycles. The molecule has 1 aliphatic rings. The van der Waals surface area contributed by atoms with Crippen LogP contribution in [0.4, 0.5) is 0 Å². The molecule has 2 heterocycles. The Bertz CT molecular complexity index is 601. The number of aromatic amines is 1. The first-order chi connectivity index (χ1) is 8.68. The summed E-state index contributed by atoms with van der Waals surface area (Å²) in [6, 6.07) is 2.11. The molecule has 1 fully saturated rings. The number of hydrogen-bond donors (Lipinski definition) is 1. The second-order valence-corrected chi connectivity index (χ2v) is 7.02. The fraction of sp³-hybridized carbons (Fsp3) is 0.364. The molecular formula is C11H13N3O2S2. The van der Waals surface area contributed by atoms with Crippen LogP contribution in [0.2, 0.25) is 0 Å². The van der Waals surface area contributed by atoms with Crippen molar-refractivity contribution in [3.8, 4) is 0 Å². The molecule has 7 heteroatoms. The van der Waals surface area contributed by atoms with Crippen LogP contribution in [0.5, 0.6) is 0 Å². The summed E-state index contributed by atoms with van der Waals surface area (Å²) in [6.07, 6.45) is 4.68. The molecule has 0 atom stereocenters. The van der Waals surface area contributed by atoms with E-state index in [0.717, 1.165) is 18.4 Å². The summed E-state index contributed by atoms with van der Waals surface area (Å²) in [5, 5.41) is 10.2. The first-order valence-electron chi connectivity index (χ1n) is 5.69. The molecule has 5 nitrogen and oxygen atoms in total. The largest absolute Gasteiger partial charge is 0.284 e. The zero-order valence-corrected chi connectivity index (χ0v) is 11.2. The summed E-state index contributed by atoms with van der Waals surface area (Å²) in [5.41, 5.74) is 1.04. The van der Waals surface area contributed by atoms with E-state index in [4.69, 9.17) is 0 Å². The van der Waals surface area contributed by atoms with Gasteiger partial charge in [0.15, 0.2) is 0 Å². The van der Waals surface area contributed by atoms with Crippen molar-refractivity contribution in [3.63, 3.8) is 0 Å². The van der Waals surface area contributed by atoms with Crippen molar-refractivity contribution >= 4 is 21.4 Å². The number of rotatable bonds is 5. The van der Waals surface area contributed by atoms with Crippen molar-refractivity contribution in [2.24, 2.45) is 0 Å². The standard InChI is InChI=1S/C11H13N3O2S2/c15-18(16,11-5-12-13-6-11)14(10-1-2-10)7-9-3-4-17-8-9/h3-6,8,10H,1-2,7H2,(H,12,13). The van der Waals surface area contributed by atoms with E-state index in [1.807, 2.05) is 16.8 Å². The Morgan fingerprint density at radius 2 is 2.33 bits per heavy atom. The Labute approximate surface area is 110 Å². The van der Waals surface area contributed by atoms with Crippen LogP contribution in [-0.4, -0.2) is 29.0 Å². The highest BCUT2D eigenvalue weighted by atomic mass is 32.2. The highest BCUT2D eigenvalue weighted by Gasteiger charge is 2.38. The summed E-state index contributed by atoms with van der Waals surface area (Å²) in [6.45, 7) is 0.446. The Kier molecular flexibility index (Phi) is 2.96. The van der Waals surface area contributed by atoms with Crippen LogP contribution in [0.25, 0.3) is 0 Å².